The van der Waals surface area contributed by atoms with Gasteiger partial charge >= 0.3 is 0 Å². The Hall–Kier alpha value is -2.63. The molecule has 3 N–H and O–H groups in total. The number of nitrogens with zero attached hydrogens (tertiary/aromatic N) is 4. The predicted octanol–water partition coefficient (Wildman–Crippen LogP) is 1.50. The van der Waals surface area contributed by atoms with Crippen LogP contribution in [0.3, 0.4) is 0 Å². The fraction of sp³-hybridized carbons (Fsp3) is 0.154. The summed E-state index contributed by atoms with van der Waals surface area (Å²) in [6.45, 7) is 0.634. The molecule has 0 amide bonds. The first-order chi connectivity index (χ1) is 9.26. The first kappa shape index (κ1) is 11.5. The first-order valence-corrected chi connectivity index (χ1v) is 5.97. The molecule has 19 heavy (non-hydrogen) atoms. The minimum atomic E-state index is 0.585. The smallest absolute Gasteiger partial charge is 0.224 e. The maximum Gasteiger partial charge on any atom is 0.224 e. The third-order valence-electron chi connectivity index (χ3n) is 2.88. The molecule has 2 aromatic heterocycles. The van der Waals surface area contributed by atoms with Crippen molar-refractivity contribution in [3.8, 4) is 0 Å². The van der Waals surface area contributed by atoms with Crippen LogP contribution in [0, 0.1) is 0 Å². The van der Waals surface area contributed by atoms with Crippen LogP contribution in [0.25, 0.3) is 11.0 Å². The number of fused-ring (bicyclic) bond motifs is 1. The Bertz CT molecular complexity index is 718. The Morgan fingerprint density at radius 2 is 2.21 bits per heavy atom. The molecule has 2 heterocycles. The molecule has 0 saturated heterocycles. The number of aromatic nitrogens is 4. The van der Waals surface area contributed by atoms with E-state index in [0.717, 1.165) is 22.3 Å². The zero-order valence-electron chi connectivity index (χ0n) is 10.5. The van der Waals surface area contributed by atoms with Gasteiger partial charge in [-0.3, -0.25) is 0 Å². The molecule has 1 aromatic carbocycles. The van der Waals surface area contributed by atoms with Gasteiger partial charge in [0, 0.05) is 18.9 Å². The minimum Gasteiger partial charge on any atom is -0.399 e. The van der Waals surface area contributed by atoms with E-state index in [1.54, 1.807) is 19.4 Å². The number of hydrogen-bond acceptors (Lipinski definition) is 5. The lowest BCUT2D eigenvalue weighted by Crippen LogP contribution is -2.04. The van der Waals surface area contributed by atoms with Crippen LogP contribution >= 0.6 is 0 Å². The molecule has 0 aliphatic heterocycles. The van der Waals surface area contributed by atoms with Gasteiger partial charge in [-0.1, -0.05) is 12.1 Å². The first-order valence-electron chi connectivity index (χ1n) is 5.97. The third kappa shape index (κ3) is 2.20. The van der Waals surface area contributed by atoms with Gasteiger partial charge in [-0.2, -0.15) is 10.1 Å². The molecule has 96 valence electrons. The molecule has 0 bridgehead atoms. The Labute approximate surface area is 110 Å². The van der Waals surface area contributed by atoms with Crippen LogP contribution in [0.2, 0.25) is 0 Å². The molecule has 6 heteroatoms. The van der Waals surface area contributed by atoms with Crippen LogP contribution in [-0.2, 0) is 6.54 Å². The molecule has 0 spiro atoms. The van der Waals surface area contributed by atoms with Crippen molar-refractivity contribution in [2.45, 2.75) is 6.54 Å². The van der Waals surface area contributed by atoms with Crippen molar-refractivity contribution in [3.63, 3.8) is 0 Å². The van der Waals surface area contributed by atoms with Crippen molar-refractivity contribution >= 4 is 22.7 Å². The van der Waals surface area contributed by atoms with Crippen molar-refractivity contribution < 1.29 is 0 Å². The SMILES string of the molecule is CNc1ncc2cnn(Cc3cccc(N)c3)c2n1. The van der Waals surface area contributed by atoms with Crippen LogP contribution in [0.1, 0.15) is 5.56 Å². The van der Waals surface area contributed by atoms with E-state index in [-0.39, 0.29) is 0 Å². The van der Waals surface area contributed by atoms with Gasteiger partial charge in [-0.25, -0.2) is 9.67 Å². The summed E-state index contributed by atoms with van der Waals surface area (Å²) >= 11 is 0. The number of benzene rings is 1. The van der Waals surface area contributed by atoms with Gasteiger partial charge in [0.05, 0.1) is 18.1 Å². The van der Waals surface area contributed by atoms with E-state index in [0.29, 0.717) is 12.5 Å². The minimum absolute atomic E-state index is 0.585. The zero-order chi connectivity index (χ0) is 13.2. The van der Waals surface area contributed by atoms with Crippen molar-refractivity contribution in [1.29, 1.82) is 0 Å². The van der Waals surface area contributed by atoms with Gasteiger partial charge in [-0.05, 0) is 17.7 Å². The molecular weight excluding hydrogens is 240 g/mol. The van der Waals surface area contributed by atoms with Gasteiger partial charge in [0.2, 0.25) is 5.95 Å². The highest BCUT2D eigenvalue weighted by Crippen LogP contribution is 2.14. The maximum atomic E-state index is 5.78. The van der Waals surface area contributed by atoms with Crippen LogP contribution < -0.4 is 11.1 Å². The summed E-state index contributed by atoms with van der Waals surface area (Å²) in [7, 11) is 1.79. The Morgan fingerprint density at radius 3 is 3.00 bits per heavy atom. The van der Waals surface area contributed by atoms with Crippen molar-refractivity contribution in [2.75, 3.05) is 18.1 Å². The molecule has 0 fully saturated rings. The largest absolute Gasteiger partial charge is 0.399 e. The Morgan fingerprint density at radius 1 is 1.32 bits per heavy atom. The normalized spacial score (nSPS) is 10.8. The average molecular weight is 254 g/mol. The molecule has 0 atom stereocenters. The van der Waals surface area contributed by atoms with Gasteiger partial charge in [0.25, 0.3) is 0 Å². The van der Waals surface area contributed by atoms with Gasteiger partial charge < -0.3 is 11.1 Å². The molecular formula is C13H14N6. The van der Waals surface area contributed by atoms with Crippen molar-refractivity contribution in [3.05, 3.63) is 42.2 Å². The van der Waals surface area contributed by atoms with E-state index < -0.39 is 0 Å². The Kier molecular flexibility index (Phi) is 2.75. The highest BCUT2D eigenvalue weighted by atomic mass is 15.3. The average Bonchev–Trinajstić information content (AvgIpc) is 2.81. The van der Waals surface area contributed by atoms with E-state index in [4.69, 9.17) is 5.73 Å². The summed E-state index contributed by atoms with van der Waals surface area (Å²) in [6.07, 6.45) is 3.53. The topological polar surface area (TPSA) is 81.7 Å². The van der Waals surface area contributed by atoms with Crippen LogP contribution in [0.15, 0.2) is 36.7 Å². The van der Waals surface area contributed by atoms with Crippen molar-refractivity contribution in [1.82, 2.24) is 19.7 Å². The molecule has 0 unspecified atom stereocenters. The number of nitrogens with two attached hydrogens (primary N) is 1. The molecule has 0 radical (unpaired) electrons. The number of nitrogen functional groups attached to an aromatic ring is 1. The quantitative estimate of drug-likeness (QED) is 0.692. The molecule has 0 aliphatic rings. The number of nitrogens with one attached hydrogen (secondary N) is 1. The summed E-state index contributed by atoms with van der Waals surface area (Å²) in [5.74, 6) is 0.585. The number of anilines is 2. The van der Waals surface area contributed by atoms with E-state index in [1.165, 1.54) is 0 Å². The molecule has 3 aromatic rings. The second kappa shape index (κ2) is 4.56. The monoisotopic (exact) mass is 254 g/mol. The Balaban J connectivity index is 2.00. The van der Waals surface area contributed by atoms with E-state index >= 15 is 0 Å². The summed E-state index contributed by atoms with van der Waals surface area (Å²) in [4.78, 5) is 8.58. The third-order valence-corrected chi connectivity index (χ3v) is 2.88. The van der Waals surface area contributed by atoms with Crippen molar-refractivity contribution in [2.24, 2.45) is 0 Å². The summed E-state index contributed by atoms with van der Waals surface area (Å²) < 4.78 is 1.84. The van der Waals surface area contributed by atoms with Gasteiger partial charge in [0.1, 0.15) is 0 Å². The number of rotatable bonds is 3. The van der Waals surface area contributed by atoms with Crippen LogP contribution in [0.5, 0.6) is 0 Å². The summed E-state index contributed by atoms with van der Waals surface area (Å²) in [5, 5.41) is 8.19. The zero-order valence-corrected chi connectivity index (χ0v) is 10.5. The lowest BCUT2D eigenvalue weighted by Gasteiger charge is -2.05. The fourth-order valence-electron chi connectivity index (χ4n) is 1.97. The highest BCUT2D eigenvalue weighted by Gasteiger charge is 2.06. The molecule has 3 rings (SSSR count). The lowest BCUT2D eigenvalue weighted by molar-refractivity contribution is 0.704. The second-order valence-corrected chi connectivity index (χ2v) is 4.27. The van der Waals surface area contributed by atoms with Crippen LogP contribution in [0.4, 0.5) is 11.6 Å². The van der Waals surface area contributed by atoms with E-state index in [9.17, 15) is 0 Å². The molecule has 6 nitrogen and oxygen atoms in total. The lowest BCUT2D eigenvalue weighted by atomic mass is 10.2. The predicted molar refractivity (Wildman–Crippen MR) is 74.8 cm³/mol. The highest BCUT2D eigenvalue weighted by molar-refractivity contribution is 5.74. The van der Waals surface area contributed by atoms with Gasteiger partial charge in [0.15, 0.2) is 5.65 Å². The van der Waals surface area contributed by atoms with E-state index in [1.807, 2.05) is 28.9 Å². The fourth-order valence-corrected chi connectivity index (χ4v) is 1.97. The maximum absolute atomic E-state index is 5.78. The number of hydrogen-bond donors (Lipinski definition) is 2. The van der Waals surface area contributed by atoms with Gasteiger partial charge in [-0.15, -0.1) is 0 Å². The summed E-state index contributed by atoms with van der Waals surface area (Å²) in [6, 6.07) is 7.76. The van der Waals surface area contributed by atoms with Crippen LogP contribution in [-0.4, -0.2) is 26.8 Å². The molecule has 0 aliphatic carbocycles. The second-order valence-electron chi connectivity index (χ2n) is 4.27. The van der Waals surface area contributed by atoms with E-state index in [2.05, 4.69) is 20.4 Å². The standard InChI is InChI=1S/C13H14N6/c1-15-13-16-6-10-7-17-19(12(10)18-13)8-9-3-2-4-11(14)5-9/h2-7H,8,14H2,1H3,(H,15,16,18). The molecule has 0 saturated carbocycles. The summed E-state index contributed by atoms with van der Waals surface area (Å²) in [5.41, 5.74) is 8.43.